The summed E-state index contributed by atoms with van der Waals surface area (Å²) in [4.78, 5) is 71.4. The number of likely N-dealkylation sites (tertiary alicyclic amines) is 2. The van der Waals surface area contributed by atoms with Crippen molar-refractivity contribution in [2.45, 2.75) is 82.3 Å². The molecule has 3 aliphatic rings. The Kier molecular flexibility index (Phi) is 11.6. The van der Waals surface area contributed by atoms with Crippen molar-refractivity contribution in [1.82, 2.24) is 40.4 Å². The maximum absolute atomic E-state index is 13.7. The molecular formula is C41H50N8O8. The van der Waals surface area contributed by atoms with Crippen molar-refractivity contribution in [3.63, 3.8) is 0 Å². The minimum absolute atomic E-state index is 0.248. The first-order valence-electron chi connectivity index (χ1n) is 19.3. The number of ether oxygens (including phenoxy) is 4. The van der Waals surface area contributed by atoms with Crippen molar-refractivity contribution in [3.8, 4) is 33.6 Å². The standard InChI is InChI=1S/C41H50N8O8/c1-22(54-3)34(46-40(52)56-5)38(50)48-15-7-9-32(48)36-42-20-30(44-36)24-11-13-28-26(17-24)19-27-18-25(12-14-29(27)28)31-21-43-37(45-31)33-10-8-16-49(33)39(51)35(23(2)55-4)47-41(53)57-6/h11-14,17-18,20-23,32-35H,7-10,15-16,19H2,1-6H3,(H,42,44)(H,43,45)(H,46,52)(H,47,53)/t22-,23-,32+,33+,34+,35+/m1/s1. The van der Waals surface area contributed by atoms with Crippen molar-refractivity contribution in [2.75, 3.05) is 41.5 Å². The lowest BCUT2D eigenvalue weighted by Gasteiger charge is -2.30. The molecule has 7 rings (SSSR count). The number of amides is 4. The number of H-pyrrole nitrogens is 2. The number of rotatable bonds is 12. The maximum Gasteiger partial charge on any atom is 0.407 e. The number of hydrogen-bond donors (Lipinski definition) is 4. The van der Waals surface area contributed by atoms with Crippen LogP contribution in [0.1, 0.15) is 74.4 Å². The predicted molar refractivity (Wildman–Crippen MR) is 209 cm³/mol. The van der Waals surface area contributed by atoms with E-state index in [9.17, 15) is 19.2 Å². The fraction of sp³-hybridized carbons (Fsp3) is 0.463. The Hall–Kier alpha value is -5.74. The summed E-state index contributed by atoms with van der Waals surface area (Å²) in [7, 11) is 5.52. The molecule has 0 saturated carbocycles. The van der Waals surface area contributed by atoms with Gasteiger partial charge < -0.3 is 49.3 Å². The van der Waals surface area contributed by atoms with Crippen molar-refractivity contribution in [3.05, 3.63) is 71.6 Å². The van der Waals surface area contributed by atoms with Gasteiger partial charge in [-0.05, 0) is 91.5 Å². The van der Waals surface area contributed by atoms with E-state index in [1.165, 1.54) is 50.7 Å². The van der Waals surface area contributed by atoms with Crippen molar-refractivity contribution in [1.29, 1.82) is 0 Å². The van der Waals surface area contributed by atoms with Gasteiger partial charge in [0.05, 0.1) is 62.3 Å². The topological polar surface area (TPSA) is 193 Å². The van der Waals surface area contributed by atoms with E-state index in [0.29, 0.717) is 24.7 Å². The summed E-state index contributed by atoms with van der Waals surface area (Å²) in [5, 5.41) is 5.26. The van der Waals surface area contributed by atoms with Crippen molar-refractivity contribution in [2.24, 2.45) is 0 Å². The lowest BCUT2D eigenvalue weighted by atomic mass is 10.0. The zero-order chi connectivity index (χ0) is 40.4. The molecule has 6 atom stereocenters. The van der Waals surface area contributed by atoms with Gasteiger partial charge >= 0.3 is 12.2 Å². The van der Waals surface area contributed by atoms with Gasteiger partial charge in [-0.15, -0.1) is 0 Å². The number of methoxy groups -OCH3 is 4. The van der Waals surface area contributed by atoms with Crippen LogP contribution in [-0.4, -0.2) is 120 Å². The molecule has 2 aliphatic heterocycles. The molecule has 0 spiro atoms. The monoisotopic (exact) mass is 782 g/mol. The quantitative estimate of drug-likeness (QED) is 0.136. The van der Waals surface area contributed by atoms with E-state index in [4.69, 9.17) is 28.9 Å². The number of aromatic amines is 2. The van der Waals surface area contributed by atoms with Crippen LogP contribution in [0.5, 0.6) is 0 Å². The fourth-order valence-corrected chi connectivity index (χ4v) is 8.24. The molecule has 1 aliphatic carbocycles. The highest BCUT2D eigenvalue weighted by atomic mass is 16.5. The Balaban J connectivity index is 1.05. The van der Waals surface area contributed by atoms with Crippen LogP contribution in [0.2, 0.25) is 0 Å². The number of hydrogen-bond acceptors (Lipinski definition) is 10. The molecule has 2 aromatic heterocycles. The maximum atomic E-state index is 13.7. The Morgan fingerprint density at radius 2 is 1.11 bits per heavy atom. The van der Waals surface area contributed by atoms with Crippen LogP contribution in [0, 0.1) is 0 Å². The SMILES string of the molecule is COC(=O)N[C@H](C(=O)N1CCC[C@H]1c1ncc(-c2ccc3c(c2)Cc2cc(-c4cnc([C@@H]5CCCN5C(=O)[C@@H](NC(=O)OC)[C@@H](C)OC)[nH]4)ccc2-3)[nH]1)[C@@H](C)OC. The average molecular weight is 783 g/mol. The molecule has 4 aromatic rings. The Morgan fingerprint density at radius 3 is 1.49 bits per heavy atom. The second-order valence-corrected chi connectivity index (χ2v) is 14.8. The number of nitrogens with one attached hydrogen (secondary N) is 4. The van der Waals surface area contributed by atoms with Gasteiger partial charge in [0.15, 0.2) is 0 Å². The molecule has 57 heavy (non-hydrogen) atoms. The zero-order valence-corrected chi connectivity index (χ0v) is 33.1. The minimum atomic E-state index is -0.901. The number of benzene rings is 2. The highest BCUT2D eigenvalue weighted by Gasteiger charge is 2.40. The lowest BCUT2D eigenvalue weighted by molar-refractivity contribution is -0.138. The number of aromatic nitrogens is 4. The van der Waals surface area contributed by atoms with Gasteiger partial charge in [0, 0.05) is 27.3 Å². The van der Waals surface area contributed by atoms with Crippen LogP contribution >= 0.6 is 0 Å². The molecule has 2 fully saturated rings. The second-order valence-electron chi connectivity index (χ2n) is 14.8. The van der Waals surface area contributed by atoms with Gasteiger partial charge in [-0.3, -0.25) is 9.59 Å². The van der Waals surface area contributed by atoms with Gasteiger partial charge in [-0.2, -0.15) is 0 Å². The van der Waals surface area contributed by atoms with E-state index in [1.54, 1.807) is 23.6 Å². The van der Waals surface area contributed by atoms with E-state index < -0.39 is 36.5 Å². The van der Waals surface area contributed by atoms with Gasteiger partial charge in [0.25, 0.3) is 0 Å². The van der Waals surface area contributed by atoms with E-state index in [0.717, 1.165) is 54.6 Å². The number of carbonyl (C=O) groups excluding carboxylic acids is 4. The molecule has 2 saturated heterocycles. The molecule has 4 N–H and O–H groups in total. The van der Waals surface area contributed by atoms with E-state index in [1.807, 2.05) is 12.4 Å². The fourth-order valence-electron chi connectivity index (χ4n) is 8.24. The van der Waals surface area contributed by atoms with E-state index >= 15 is 0 Å². The third-order valence-corrected chi connectivity index (χ3v) is 11.5. The Labute approximate surface area is 331 Å². The first-order chi connectivity index (χ1) is 27.5. The van der Waals surface area contributed by atoms with Crippen LogP contribution in [0.25, 0.3) is 33.6 Å². The second kappa shape index (κ2) is 16.8. The molecule has 2 aromatic carbocycles. The number of carbonyl (C=O) groups is 4. The van der Waals surface area contributed by atoms with Crippen LogP contribution in [0.3, 0.4) is 0 Å². The molecule has 302 valence electrons. The molecule has 4 heterocycles. The summed E-state index contributed by atoms with van der Waals surface area (Å²) in [6.07, 6.45) is 4.96. The highest BCUT2D eigenvalue weighted by Crippen LogP contribution is 2.41. The molecule has 16 nitrogen and oxygen atoms in total. The van der Waals surface area contributed by atoms with Gasteiger partial charge in [0.2, 0.25) is 11.8 Å². The van der Waals surface area contributed by atoms with Gasteiger partial charge in [-0.1, -0.05) is 24.3 Å². The molecule has 0 unspecified atom stereocenters. The average Bonchev–Trinajstić information content (AvgIpc) is 4.08. The van der Waals surface area contributed by atoms with Crippen LogP contribution in [0.4, 0.5) is 9.59 Å². The molecule has 0 radical (unpaired) electrons. The van der Waals surface area contributed by atoms with Crippen LogP contribution in [-0.2, 0) is 35.0 Å². The Bertz CT molecular complexity index is 1980. The highest BCUT2D eigenvalue weighted by molar-refractivity contribution is 5.88. The third kappa shape index (κ3) is 7.83. The predicted octanol–water partition coefficient (Wildman–Crippen LogP) is 4.88. The van der Waals surface area contributed by atoms with Gasteiger partial charge in [-0.25, -0.2) is 19.6 Å². The van der Waals surface area contributed by atoms with Crippen LogP contribution in [0.15, 0.2) is 48.8 Å². The molecular weight excluding hydrogens is 732 g/mol. The zero-order valence-electron chi connectivity index (χ0n) is 33.1. The largest absolute Gasteiger partial charge is 0.453 e. The van der Waals surface area contributed by atoms with E-state index in [2.05, 4.69) is 57.0 Å². The summed E-state index contributed by atoms with van der Waals surface area (Å²) in [6, 6.07) is 10.5. The summed E-state index contributed by atoms with van der Waals surface area (Å²) in [6.45, 7) is 4.55. The summed E-state index contributed by atoms with van der Waals surface area (Å²) in [5.41, 5.74) is 8.44. The van der Waals surface area contributed by atoms with Crippen LogP contribution < -0.4 is 10.6 Å². The number of nitrogens with zero attached hydrogens (tertiary/aromatic N) is 4. The minimum Gasteiger partial charge on any atom is -0.453 e. The summed E-state index contributed by atoms with van der Waals surface area (Å²) in [5.74, 6) is 0.889. The number of fused-ring (bicyclic) bond motifs is 3. The van der Waals surface area contributed by atoms with Crippen molar-refractivity contribution >= 4 is 24.0 Å². The number of imidazole rings is 2. The first-order valence-corrected chi connectivity index (χ1v) is 19.3. The molecule has 4 amide bonds. The normalized spacial score (nSPS) is 19.3. The number of alkyl carbamates (subject to hydrolysis) is 2. The summed E-state index contributed by atoms with van der Waals surface area (Å²) < 4.78 is 20.3. The summed E-state index contributed by atoms with van der Waals surface area (Å²) >= 11 is 0. The molecule has 16 heteroatoms. The first kappa shape index (κ1) is 39.5. The molecule has 0 bridgehead atoms. The van der Waals surface area contributed by atoms with Gasteiger partial charge in [0.1, 0.15) is 23.7 Å². The smallest absolute Gasteiger partial charge is 0.407 e. The van der Waals surface area contributed by atoms with E-state index in [-0.39, 0.29) is 23.9 Å². The lowest BCUT2D eigenvalue weighted by Crippen LogP contribution is -2.54. The Morgan fingerprint density at radius 1 is 0.684 bits per heavy atom. The third-order valence-electron chi connectivity index (χ3n) is 11.5. The van der Waals surface area contributed by atoms with Crippen molar-refractivity contribution < 1.29 is 38.1 Å².